The highest BCUT2D eigenvalue weighted by Crippen LogP contribution is 2.33. The Bertz CT molecular complexity index is 975. The summed E-state index contributed by atoms with van der Waals surface area (Å²) in [5.41, 5.74) is 3.87. The molecule has 6 nitrogen and oxygen atoms in total. The number of hydrogen-bond acceptors (Lipinski definition) is 4. The fraction of sp³-hybridized carbons (Fsp3) is 0.364. The maximum absolute atomic E-state index is 11.5. The molecule has 1 aliphatic rings. The van der Waals surface area contributed by atoms with Gasteiger partial charge in [0.15, 0.2) is 0 Å². The van der Waals surface area contributed by atoms with Crippen LogP contribution in [0.4, 0.5) is 10.5 Å². The van der Waals surface area contributed by atoms with E-state index in [-0.39, 0.29) is 0 Å². The van der Waals surface area contributed by atoms with Crippen LogP contribution in [-0.2, 0) is 17.7 Å². The zero-order chi connectivity index (χ0) is 19.5. The Morgan fingerprint density at radius 2 is 2.00 bits per heavy atom. The molecule has 0 spiro atoms. The van der Waals surface area contributed by atoms with Crippen molar-refractivity contribution < 1.29 is 14.3 Å². The third-order valence-electron chi connectivity index (χ3n) is 4.99. The Morgan fingerprint density at radius 3 is 2.68 bits per heavy atom. The van der Waals surface area contributed by atoms with Crippen molar-refractivity contribution in [2.45, 2.75) is 32.7 Å². The van der Waals surface area contributed by atoms with Gasteiger partial charge < -0.3 is 14.0 Å². The number of carbonyl (C=O) groups is 1. The first kappa shape index (κ1) is 18.3. The predicted molar refractivity (Wildman–Crippen MR) is 109 cm³/mol. The lowest BCUT2D eigenvalue weighted by atomic mass is 10.1. The summed E-state index contributed by atoms with van der Waals surface area (Å²) < 4.78 is 12.5. The zero-order valence-electron chi connectivity index (χ0n) is 16.3. The molecule has 2 aromatic carbocycles. The van der Waals surface area contributed by atoms with Crippen molar-refractivity contribution in [1.29, 1.82) is 0 Å². The Labute approximate surface area is 164 Å². The Hall–Kier alpha value is -3.02. The average molecular weight is 379 g/mol. The van der Waals surface area contributed by atoms with E-state index in [0.717, 1.165) is 41.5 Å². The highest BCUT2D eigenvalue weighted by molar-refractivity contribution is 5.88. The number of imidazole rings is 1. The second-order valence-corrected chi connectivity index (χ2v) is 7.16. The van der Waals surface area contributed by atoms with Gasteiger partial charge in [0, 0.05) is 18.7 Å². The van der Waals surface area contributed by atoms with Crippen LogP contribution in [0.1, 0.15) is 31.2 Å². The fourth-order valence-electron chi connectivity index (χ4n) is 3.38. The molecule has 1 aliphatic carbocycles. The zero-order valence-corrected chi connectivity index (χ0v) is 16.3. The second kappa shape index (κ2) is 7.92. The van der Waals surface area contributed by atoms with E-state index in [1.54, 1.807) is 0 Å². The molecule has 28 heavy (non-hydrogen) atoms. The minimum Gasteiger partial charge on any atom is -0.494 e. The topological polar surface area (TPSA) is 65.4 Å². The molecule has 146 valence electrons. The molecule has 1 aromatic heterocycles. The molecule has 0 radical (unpaired) electrons. The van der Waals surface area contributed by atoms with Gasteiger partial charge in [0.25, 0.3) is 0 Å². The summed E-state index contributed by atoms with van der Waals surface area (Å²) in [6, 6.07) is 14.0. The maximum Gasteiger partial charge on any atom is 0.411 e. The first-order valence-corrected chi connectivity index (χ1v) is 9.72. The Kier molecular flexibility index (Phi) is 5.19. The fourth-order valence-corrected chi connectivity index (χ4v) is 3.38. The van der Waals surface area contributed by atoms with Gasteiger partial charge in [-0.15, -0.1) is 0 Å². The van der Waals surface area contributed by atoms with Crippen LogP contribution in [0.25, 0.3) is 11.0 Å². The van der Waals surface area contributed by atoms with Crippen LogP contribution in [0.2, 0.25) is 0 Å². The lowest BCUT2D eigenvalue weighted by Gasteiger charge is -2.10. The van der Waals surface area contributed by atoms with Crippen LogP contribution in [0.5, 0.6) is 5.75 Å². The SMILES string of the molecule is CCOc1ccc(Cc2nc3cc(NC(=O)OC)ccc3n2CC2CC2)cc1. The number of ether oxygens (including phenoxy) is 2. The third kappa shape index (κ3) is 4.11. The normalized spacial score (nSPS) is 13.5. The largest absolute Gasteiger partial charge is 0.494 e. The molecule has 4 rings (SSSR count). The highest BCUT2D eigenvalue weighted by atomic mass is 16.5. The molecular weight excluding hydrogens is 354 g/mol. The number of fused-ring (bicyclic) bond motifs is 1. The van der Waals surface area contributed by atoms with Crippen molar-refractivity contribution in [2.75, 3.05) is 19.0 Å². The number of aromatic nitrogens is 2. The summed E-state index contributed by atoms with van der Waals surface area (Å²) in [6.45, 7) is 3.64. The minimum atomic E-state index is -0.480. The molecule has 6 heteroatoms. The number of nitrogens with zero attached hydrogens (tertiary/aromatic N) is 2. The van der Waals surface area contributed by atoms with Gasteiger partial charge in [-0.2, -0.15) is 0 Å². The van der Waals surface area contributed by atoms with Crippen molar-refractivity contribution in [1.82, 2.24) is 9.55 Å². The van der Waals surface area contributed by atoms with Gasteiger partial charge in [-0.25, -0.2) is 9.78 Å². The molecule has 1 N–H and O–H groups in total. The van der Waals surface area contributed by atoms with Crippen molar-refractivity contribution in [3.63, 3.8) is 0 Å². The smallest absolute Gasteiger partial charge is 0.411 e. The van der Waals surface area contributed by atoms with E-state index in [4.69, 9.17) is 9.72 Å². The predicted octanol–water partition coefficient (Wildman–Crippen LogP) is 4.61. The molecule has 1 saturated carbocycles. The van der Waals surface area contributed by atoms with E-state index >= 15 is 0 Å². The summed E-state index contributed by atoms with van der Waals surface area (Å²) in [5.74, 6) is 2.67. The van der Waals surface area contributed by atoms with Crippen LogP contribution in [0.15, 0.2) is 42.5 Å². The molecule has 1 fully saturated rings. The van der Waals surface area contributed by atoms with E-state index in [0.29, 0.717) is 12.3 Å². The first-order valence-electron chi connectivity index (χ1n) is 9.72. The summed E-state index contributed by atoms with van der Waals surface area (Å²) in [6.07, 6.45) is 2.84. The van der Waals surface area contributed by atoms with E-state index in [9.17, 15) is 4.79 Å². The van der Waals surface area contributed by atoms with E-state index in [1.165, 1.54) is 25.5 Å². The molecule has 0 unspecified atom stereocenters. The van der Waals surface area contributed by atoms with Gasteiger partial charge >= 0.3 is 6.09 Å². The van der Waals surface area contributed by atoms with Crippen LogP contribution in [-0.4, -0.2) is 29.4 Å². The highest BCUT2D eigenvalue weighted by Gasteiger charge is 2.24. The molecule has 1 heterocycles. The van der Waals surface area contributed by atoms with Crippen molar-refractivity contribution in [2.24, 2.45) is 5.92 Å². The number of hydrogen-bond donors (Lipinski definition) is 1. The summed E-state index contributed by atoms with van der Waals surface area (Å²) in [5, 5.41) is 2.71. The summed E-state index contributed by atoms with van der Waals surface area (Å²) in [4.78, 5) is 16.4. The number of anilines is 1. The summed E-state index contributed by atoms with van der Waals surface area (Å²) >= 11 is 0. The lowest BCUT2D eigenvalue weighted by Crippen LogP contribution is -2.10. The average Bonchev–Trinajstić information content (AvgIpc) is 3.46. The number of methoxy groups -OCH3 is 1. The first-order chi connectivity index (χ1) is 13.7. The maximum atomic E-state index is 11.5. The monoisotopic (exact) mass is 379 g/mol. The van der Waals surface area contributed by atoms with Gasteiger partial charge in [0.2, 0.25) is 0 Å². The standard InChI is InChI=1S/C22H25N3O3/c1-3-28-18-9-6-15(7-10-18)12-21-24-19-13-17(23-22(26)27-2)8-11-20(19)25(21)14-16-4-5-16/h6-11,13,16H,3-5,12,14H2,1-2H3,(H,23,26). The molecule has 3 aromatic rings. The van der Waals surface area contributed by atoms with Gasteiger partial charge in [-0.1, -0.05) is 12.1 Å². The third-order valence-corrected chi connectivity index (χ3v) is 4.99. The molecular formula is C22H25N3O3. The van der Waals surface area contributed by atoms with Gasteiger partial charge in [-0.3, -0.25) is 5.32 Å². The van der Waals surface area contributed by atoms with Crippen molar-refractivity contribution >= 4 is 22.8 Å². The Morgan fingerprint density at radius 1 is 1.21 bits per heavy atom. The van der Waals surface area contributed by atoms with Gasteiger partial charge in [0.1, 0.15) is 11.6 Å². The van der Waals surface area contributed by atoms with Crippen molar-refractivity contribution in [3.05, 3.63) is 53.9 Å². The van der Waals surface area contributed by atoms with Crippen LogP contribution >= 0.6 is 0 Å². The molecule has 0 bridgehead atoms. The van der Waals surface area contributed by atoms with Crippen molar-refractivity contribution in [3.8, 4) is 5.75 Å². The second-order valence-electron chi connectivity index (χ2n) is 7.16. The number of amides is 1. The van der Waals surface area contributed by atoms with Crippen LogP contribution in [0.3, 0.4) is 0 Å². The number of rotatable bonds is 7. The number of carbonyl (C=O) groups excluding carboxylic acids is 1. The Balaban J connectivity index is 1.64. The molecule has 1 amide bonds. The molecule has 0 aliphatic heterocycles. The molecule has 0 atom stereocenters. The van der Waals surface area contributed by atoms with Crippen LogP contribution < -0.4 is 10.1 Å². The minimum absolute atomic E-state index is 0.480. The quantitative estimate of drug-likeness (QED) is 0.651. The number of nitrogens with one attached hydrogen (secondary N) is 1. The summed E-state index contributed by atoms with van der Waals surface area (Å²) in [7, 11) is 1.35. The van der Waals surface area contributed by atoms with E-state index in [1.807, 2.05) is 37.3 Å². The number of benzene rings is 2. The molecule has 0 saturated heterocycles. The van der Waals surface area contributed by atoms with Gasteiger partial charge in [0.05, 0.1) is 24.8 Å². The van der Waals surface area contributed by atoms with E-state index in [2.05, 4.69) is 26.8 Å². The lowest BCUT2D eigenvalue weighted by molar-refractivity contribution is 0.187. The van der Waals surface area contributed by atoms with Gasteiger partial charge in [-0.05, 0) is 61.6 Å². The van der Waals surface area contributed by atoms with Crippen LogP contribution in [0, 0.1) is 5.92 Å². The van der Waals surface area contributed by atoms with E-state index < -0.39 is 6.09 Å².